The van der Waals surface area contributed by atoms with Crippen LogP contribution in [0.25, 0.3) is 21.7 Å². The zero-order valence-corrected chi connectivity index (χ0v) is 10.2. The van der Waals surface area contributed by atoms with Gasteiger partial charge in [-0.15, -0.1) is 11.3 Å². The molecule has 0 amide bonds. The zero-order chi connectivity index (χ0) is 11.8. The summed E-state index contributed by atoms with van der Waals surface area (Å²) >= 11 is 1.60. The molecule has 2 aromatic heterocycles. The number of rotatable bonds is 2. The van der Waals surface area contributed by atoms with E-state index in [-0.39, 0.29) is 0 Å². The smallest absolute Gasteiger partial charge is 0.152 e. The number of hydrogen-bond donors (Lipinski definition) is 1. The van der Waals surface area contributed by atoms with E-state index in [0.717, 1.165) is 34.0 Å². The molecule has 3 aromatic rings. The van der Waals surface area contributed by atoms with Crippen LogP contribution in [0.2, 0.25) is 0 Å². The molecule has 5 heteroatoms. The first-order valence-corrected chi connectivity index (χ1v) is 6.32. The summed E-state index contributed by atoms with van der Waals surface area (Å²) in [6.45, 7) is 2.97. The van der Waals surface area contributed by atoms with Crippen LogP contribution in [0, 0.1) is 0 Å². The third-order valence-corrected chi connectivity index (χ3v) is 3.51. The molecule has 1 aromatic carbocycles. The maximum Gasteiger partial charge on any atom is 0.152 e. The third-order valence-electron chi connectivity index (χ3n) is 2.74. The van der Waals surface area contributed by atoms with Crippen molar-refractivity contribution < 1.29 is 0 Å². The topological polar surface area (TPSA) is 56.7 Å². The van der Waals surface area contributed by atoms with Gasteiger partial charge in [0.2, 0.25) is 0 Å². The van der Waals surface area contributed by atoms with Crippen LogP contribution in [-0.2, 0) is 6.54 Å². The van der Waals surface area contributed by atoms with Crippen molar-refractivity contribution in [3.63, 3.8) is 0 Å². The number of imidazole rings is 1. The highest BCUT2D eigenvalue weighted by Crippen LogP contribution is 2.28. The first-order valence-electron chi connectivity index (χ1n) is 5.44. The molecule has 0 aliphatic carbocycles. The van der Waals surface area contributed by atoms with E-state index in [0.29, 0.717) is 0 Å². The molecule has 0 bridgehead atoms. The Kier molecular flexibility index (Phi) is 2.33. The van der Waals surface area contributed by atoms with Gasteiger partial charge in [-0.25, -0.2) is 4.98 Å². The number of thiazole rings is 1. The molecule has 0 saturated heterocycles. The van der Waals surface area contributed by atoms with Gasteiger partial charge >= 0.3 is 0 Å². The minimum absolute atomic E-state index is 0.767. The second-order valence-electron chi connectivity index (χ2n) is 3.79. The van der Waals surface area contributed by atoms with Gasteiger partial charge in [0.15, 0.2) is 5.82 Å². The summed E-state index contributed by atoms with van der Waals surface area (Å²) in [4.78, 5) is 9.83. The molecule has 0 spiro atoms. The van der Waals surface area contributed by atoms with Gasteiger partial charge in [0.05, 0.1) is 21.4 Å². The standard InChI is InChI=1S/C12H12N4S/c1-2-16-10-5-8(13)3-4-9(10)15-12(16)11-6-14-7-17-11/h3-7H,2,13H2,1H3. The molecule has 0 saturated carbocycles. The fourth-order valence-electron chi connectivity index (χ4n) is 1.97. The molecule has 86 valence electrons. The van der Waals surface area contributed by atoms with Crippen LogP contribution in [0.5, 0.6) is 0 Å². The summed E-state index contributed by atoms with van der Waals surface area (Å²) in [5.41, 5.74) is 10.5. The Morgan fingerprint density at radius 3 is 3.00 bits per heavy atom. The van der Waals surface area contributed by atoms with Crippen LogP contribution in [0.1, 0.15) is 6.92 Å². The Bertz CT molecular complexity index is 655. The molecule has 4 nitrogen and oxygen atoms in total. The van der Waals surface area contributed by atoms with E-state index in [1.165, 1.54) is 0 Å². The molecular weight excluding hydrogens is 232 g/mol. The summed E-state index contributed by atoms with van der Waals surface area (Å²) in [6.07, 6.45) is 1.85. The second-order valence-corrected chi connectivity index (χ2v) is 4.68. The number of aryl methyl sites for hydroxylation is 1. The summed E-state index contributed by atoms with van der Waals surface area (Å²) in [5, 5.41) is 0. The Morgan fingerprint density at radius 1 is 1.41 bits per heavy atom. The largest absolute Gasteiger partial charge is 0.399 e. The number of fused-ring (bicyclic) bond motifs is 1. The van der Waals surface area contributed by atoms with Gasteiger partial charge in [-0.05, 0) is 25.1 Å². The fraction of sp³-hybridized carbons (Fsp3) is 0.167. The molecule has 0 aliphatic heterocycles. The number of benzene rings is 1. The van der Waals surface area contributed by atoms with Crippen LogP contribution in [-0.4, -0.2) is 14.5 Å². The Labute approximate surface area is 103 Å². The normalized spacial score (nSPS) is 11.1. The van der Waals surface area contributed by atoms with E-state index in [1.807, 2.05) is 29.9 Å². The summed E-state index contributed by atoms with van der Waals surface area (Å²) in [5.74, 6) is 0.968. The lowest BCUT2D eigenvalue weighted by Gasteiger charge is -2.03. The molecule has 17 heavy (non-hydrogen) atoms. The number of aromatic nitrogens is 3. The highest BCUT2D eigenvalue weighted by molar-refractivity contribution is 7.13. The predicted molar refractivity (Wildman–Crippen MR) is 70.9 cm³/mol. The number of nitrogen functional groups attached to an aromatic ring is 1. The molecule has 3 rings (SSSR count). The van der Waals surface area contributed by atoms with Gasteiger partial charge < -0.3 is 10.3 Å². The van der Waals surface area contributed by atoms with Gasteiger partial charge in [0.25, 0.3) is 0 Å². The van der Waals surface area contributed by atoms with Crippen molar-refractivity contribution in [1.82, 2.24) is 14.5 Å². The average molecular weight is 244 g/mol. The van der Waals surface area contributed by atoms with Crippen molar-refractivity contribution in [3.8, 4) is 10.7 Å². The van der Waals surface area contributed by atoms with Crippen molar-refractivity contribution in [3.05, 3.63) is 29.9 Å². The molecule has 0 atom stereocenters. The van der Waals surface area contributed by atoms with Crippen LogP contribution >= 0.6 is 11.3 Å². The van der Waals surface area contributed by atoms with Crippen molar-refractivity contribution in [1.29, 1.82) is 0 Å². The average Bonchev–Trinajstić information content (AvgIpc) is 2.94. The van der Waals surface area contributed by atoms with E-state index in [4.69, 9.17) is 5.73 Å². The third kappa shape index (κ3) is 1.59. The highest BCUT2D eigenvalue weighted by atomic mass is 32.1. The number of nitrogens with two attached hydrogens (primary N) is 1. The Morgan fingerprint density at radius 2 is 2.29 bits per heavy atom. The van der Waals surface area contributed by atoms with Crippen LogP contribution in [0.3, 0.4) is 0 Å². The summed E-state index contributed by atoms with van der Waals surface area (Å²) in [7, 11) is 0. The predicted octanol–water partition coefficient (Wildman–Crippen LogP) is 2.76. The SMILES string of the molecule is CCn1c(-c2cncs2)nc2ccc(N)cc21. The number of nitrogens with zero attached hydrogens (tertiary/aromatic N) is 3. The lowest BCUT2D eigenvalue weighted by atomic mass is 10.3. The fourth-order valence-corrected chi connectivity index (χ4v) is 2.59. The van der Waals surface area contributed by atoms with Crippen LogP contribution in [0.15, 0.2) is 29.9 Å². The monoisotopic (exact) mass is 244 g/mol. The Balaban J connectivity index is 2.32. The van der Waals surface area contributed by atoms with Gasteiger partial charge in [-0.1, -0.05) is 0 Å². The first kappa shape index (κ1) is 10.3. The Hall–Kier alpha value is -1.88. The molecule has 2 heterocycles. The summed E-state index contributed by atoms with van der Waals surface area (Å²) < 4.78 is 2.17. The van der Waals surface area contributed by atoms with Crippen molar-refractivity contribution in [2.75, 3.05) is 5.73 Å². The number of hydrogen-bond acceptors (Lipinski definition) is 4. The van der Waals surface area contributed by atoms with Gasteiger partial charge in [-0.3, -0.25) is 4.98 Å². The molecule has 0 radical (unpaired) electrons. The maximum atomic E-state index is 5.82. The summed E-state index contributed by atoms with van der Waals surface area (Å²) in [6, 6.07) is 5.81. The molecular formula is C12H12N4S. The minimum atomic E-state index is 0.767. The van der Waals surface area contributed by atoms with Crippen molar-refractivity contribution in [2.45, 2.75) is 13.5 Å². The van der Waals surface area contributed by atoms with Gasteiger partial charge in [0.1, 0.15) is 0 Å². The van der Waals surface area contributed by atoms with Crippen molar-refractivity contribution >= 4 is 28.1 Å². The van der Waals surface area contributed by atoms with Crippen LogP contribution < -0.4 is 5.73 Å². The second kappa shape index (κ2) is 3.85. The van der Waals surface area contributed by atoms with Crippen LogP contribution in [0.4, 0.5) is 5.69 Å². The minimum Gasteiger partial charge on any atom is -0.399 e. The maximum absolute atomic E-state index is 5.82. The number of anilines is 1. The van der Waals surface area contributed by atoms with E-state index >= 15 is 0 Å². The van der Waals surface area contributed by atoms with E-state index in [2.05, 4.69) is 21.5 Å². The molecule has 0 aliphatic rings. The first-order chi connectivity index (χ1) is 8.29. The van der Waals surface area contributed by atoms with E-state index < -0.39 is 0 Å². The lowest BCUT2D eigenvalue weighted by Crippen LogP contribution is -1.96. The van der Waals surface area contributed by atoms with Gasteiger partial charge in [0, 0.05) is 18.4 Å². The van der Waals surface area contributed by atoms with E-state index in [1.54, 1.807) is 11.3 Å². The molecule has 0 unspecified atom stereocenters. The van der Waals surface area contributed by atoms with Gasteiger partial charge in [-0.2, -0.15) is 0 Å². The quantitative estimate of drug-likeness (QED) is 0.705. The molecule has 0 fully saturated rings. The lowest BCUT2D eigenvalue weighted by molar-refractivity contribution is 0.798. The van der Waals surface area contributed by atoms with E-state index in [9.17, 15) is 0 Å². The zero-order valence-electron chi connectivity index (χ0n) is 9.42. The highest BCUT2D eigenvalue weighted by Gasteiger charge is 2.12. The molecule has 2 N–H and O–H groups in total. The van der Waals surface area contributed by atoms with Crippen molar-refractivity contribution in [2.24, 2.45) is 0 Å².